The molecule has 6 aliphatic rings. The molecular weight excluding hydrogens is 462 g/mol. The van der Waals surface area contributed by atoms with Gasteiger partial charge in [-0.3, -0.25) is 9.59 Å². The van der Waals surface area contributed by atoms with E-state index in [1.54, 1.807) is 0 Å². The fourth-order valence-corrected chi connectivity index (χ4v) is 6.89. The van der Waals surface area contributed by atoms with Crippen molar-refractivity contribution < 1.29 is 11.0 Å². The molecule has 7 rings (SSSR count). The van der Waals surface area contributed by atoms with Gasteiger partial charge in [0, 0.05) is 68.1 Å². The van der Waals surface area contributed by atoms with Gasteiger partial charge in [0.1, 0.15) is 0 Å². The Morgan fingerprint density at radius 1 is 1.16 bits per heavy atom. The number of likely N-dealkylation sites (tertiary alicyclic amines) is 1. The lowest BCUT2D eigenvalue weighted by molar-refractivity contribution is -0.136. The van der Waals surface area contributed by atoms with Crippen molar-refractivity contribution in [2.75, 3.05) is 13.1 Å². The number of allylic oxidation sites excluding steroid dienone is 4. The van der Waals surface area contributed by atoms with Crippen molar-refractivity contribution in [3.63, 3.8) is 0 Å². The quantitative estimate of drug-likeness (QED) is 0.663. The van der Waals surface area contributed by atoms with Crippen molar-refractivity contribution >= 4 is 23.7 Å². The standard InChI is InChI=1S/C29H32N5O2.CH4.H2/c1-17-11-24-21(16-33-10-8-31-32-27(24)33)12-20(17)15-30-22-3-5-29(6-4-22)7-9-34(28(29)36)25-14-19-13-23(19)26(35)18(25)2;;/h8,11-13,22,30H,3-7,9-10,14-16H2,1-2H3;1H4;1H. The van der Waals surface area contributed by atoms with Gasteiger partial charge >= 0.3 is 0 Å². The van der Waals surface area contributed by atoms with Crippen LogP contribution in [0.15, 0.2) is 45.3 Å². The average Bonchev–Trinajstić information content (AvgIpc) is 3.50. The van der Waals surface area contributed by atoms with Crippen molar-refractivity contribution in [1.29, 1.82) is 0 Å². The Kier molecular flexibility index (Phi) is 5.75. The van der Waals surface area contributed by atoms with Crippen LogP contribution in [-0.4, -0.2) is 52.7 Å². The first-order valence-electron chi connectivity index (χ1n) is 13.3. The average molecular weight is 501 g/mol. The fraction of sp³-hybridized carbons (Fsp3) is 0.500. The molecule has 7 heteroatoms. The number of hydrogen-bond acceptors (Lipinski definition) is 6. The topological polar surface area (TPSA) is 77.4 Å². The van der Waals surface area contributed by atoms with Gasteiger partial charge in [0.2, 0.25) is 5.91 Å². The second kappa shape index (κ2) is 8.76. The molecule has 3 heterocycles. The maximum absolute atomic E-state index is 13.6. The van der Waals surface area contributed by atoms with E-state index in [9.17, 15) is 9.59 Å². The zero-order chi connectivity index (χ0) is 24.6. The number of rotatable bonds is 4. The Morgan fingerprint density at radius 2 is 1.97 bits per heavy atom. The summed E-state index contributed by atoms with van der Waals surface area (Å²) in [6.45, 7) is 7.39. The summed E-state index contributed by atoms with van der Waals surface area (Å²) in [6.07, 6.45) is 9.39. The first-order chi connectivity index (χ1) is 17.4. The minimum atomic E-state index is -0.243. The van der Waals surface area contributed by atoms with Crippen molar-refractivity contribution in [1.82, 2.24) is 15.1 Å². The molecule has 0 bridgehead atoms. The summed E-state index contributed by atoms with van der Waals surface area (Å²) < 4.78 is 0. The second-order valence-corrected chi connectivity index (χ2v) is 11.3. The number of nitrogens with zero attached hydrogens (tertiary/aromatic N) is 4. The molecule has 1 aromatic carbocycles. The van der Waals surface area contributed by atoms with E-state index in [1.165, 1.54) is 22.3 Å². The molecule has 1 saturated heterocycles. The van der Waals surface area contributed by atoms with Crippen LogP contribution in [-0.2, 0) is 22.7 Å². The number of ketones is 1. The summed E-state index contributed by atoms with van der Waals surface area (Å²) in [6, 6.07) is 5.03. The maximum atomic E-state index is 13.6. The van der Waals surface area contributed by atoms with Crippen LogP contribution < -0.4 is 5.32 Å². The van der Waals surface area contributed by atoms with Gasteiger partial charge in [-0.15, -0.1) is 5.10 Å². The number of hydrogen-bond donors (Lipinski definition) is 1. The minimum absolute atomic E-state index is 0. The van der Waals surface area contributed by atoms with Gasteiger partial charge in [0.05, 0.1) is 12.0 Å². The smallest absolute Gasteiger partial charge is 0.233 e. The zero-order valence-electron chi connectivity index (χ0n) is 21.1. The van der Waals surface area contributed by atoms with Gasteiger partial charge in [-0.1, -0.05) is 19.6 Å². The number of Topliss-reactive ketones (excluding diaryl/α,β-unsaturated/α-hetero) is 1. The van der Waals surface area contributed by atoms with Crippen LogP contribution in [0.4, 0.5) is 0 Å². The molecule has 1 amide bonds. The number of benzene rings is 1. The molecule has 37 heavy (non-hydrogen) atoms. The molecule has 1 spiro atoms. The predicted molar refractivity (Wildman–Crippen MR) is 147 cm³/mol. The van der Waals surface area contributed by atoms with E-state index in [0.29, 0.717) is 6.04 Å². The number of nitrogens with one attached hydrogen (secondary N) is 1. The first kappa shape index (κ1) is 24.3. The maximum Gasteiger partial charge on any atom is 0.233 e. The van der Waals surface area contributed by atoms with Crippen LogP contribution in [0.1, 0.15) is 76.6 Å². The SMILES string of the molecule is C.CC1=C(N2CCC3(CCC(NCc4cc5c(cc4C)C4=NN=CCN4C5)CC3)C2=O)C[C]2C=C2C1=O.[HH]. The molecule has 2 fully saturated rings. The Labute approximate surface area is 220 Å². The molecule has 0 unspecified atom stereocenters. The van der Waals surface area contributed by atoms with Crippen LogP contribution >= 0.6 is 0 Å². The van der Waals surface area contributed by atoms with Gasteiger partial charge in [-0.25, -0.2) is 0 Å². The summed E-state index contributed by atoms with van der Waals surface area (Å²) in [5.74, 6) is 2.50. The minimum Gasteiger partial charge on any atom is -0.345 e. The van der Waals surface area contributed by atoms with Crippen LogP contribution in [0.5, 0.6) is 0 Å². The molecule has 1 aromatic rings. The summed E-state index contributed by atoms with van der Waals surface area (Å²) in [5.41, 5.74) is 7.53. The molecule has 3 aliphatic heterocycles. The summed E-state index contributed by atoms with van der Waals surface area (Å²) >= 11 is 0. The van der Waals surface area contributed by atoms with Crippen LogP contribution in [0, 0.1) is 18.3 Å². The second-order valence-electron chi connectivity index (χ2n) is 11.3. The van der Waals surface area contributed by atoms with Crippen molar-refractivity contribution in [2.45, 2.75) is 78.9 Å². The third-order valence-electron chi connectivity index (χ3n) is 9.32. The van der Waals surface area contributed by atoms with Crippen molar-refractivity contribution in [2.24, 2.45) is 15.6 Å². The number of fused-ring (bicyclic) bond motifs is 4. The number of carbonyl (C=O) groups excluding carboxylic acids is 2. The van der Waals surface area contributed by atoms with Gasteiger partial charge in [0.25, 0.3) is 0 Å². The number of amides is 1. The van der Waals surface area contributed by atoms with Crippen LogP contribution in [0.3, 0.4) is 0 Å². The lowest BCUT2D eigenvalue weighted by atomic mass is 9.71. The van der Waals surface area contributed by atoms with E-state index >= 15 is 0 Å². The first-order valence-corrected chi connectivity index (χ1v) is 13.3. The monoisotopic (exact) mass is 500 g/mol. The van der Waals surface area contributed by atoms with Gasteiger partial charge in [-0.05, 0) is 68.7 Å². The molecule has 0 atom stereocenters. The van der Waals surface area contributed by atoms with Gasteiger partial charge in [-0.2, -0.15) is 5.10 Å². The Bertz CT molecular complexity index is 1320. The molecule has 1 saturated carbocycles. The number of carbonyl (C=O) groups is 2. The molecule has 195 valence electrons. The lowest BCUT2D eigenvalue weighted by Crippen LogP contribution is -2.42. The largest absolute Gasteiger partial charge is 0.345 e. The highest BCUT2D eigenvalue weighted by Gasteiger charge is 2.51. The molecule has 1 radical (unpaired) electrons. The molecule has 1 N–H and O–H groups in total. The van der Waals surface area contributed by atoms with E-state index in [2.05, 4.69) is 39.5 Å². The lowest BCUT2D eigenvalue weighted by Gasteiger charge is -2.36. The summed E-state index contributed by atoms with van der Waals surface area (Å²) in [4.78, 5) is 30.3. The molecule has 3 aliphatic carbocycles. The van der Waals surface area contributed by atoms with Gasteiger partial charge in [0.15, 0.2) is 11.6 Å². The molecule has 0 aromatic heterocycles. The predicted octanol–water partition coefficient (Wildman–Crippen LogP) is 4.45. The normalized spacial score (nSPS) is 28.2. The van der Waals surface area contributed by atoms with E-state index in [4.69, 9.17) is 0 Å². The molecule has 7 nitrogen and oxygen atoms in total. The summed E-state index contributed by atoms with van der Waals surface area (Å²) in [7, 11) is 0. The number of aryl methyl sites for hydroxylation is 1. The highest BCUT2D eigenvalue weighted by atomic mass is 16.2. The Hall–Kier alpha value is -3.06. The fourth-order valence-electron chi connectivity index (χ4n) is 6.89. The highest BCUT2D eigenvalue weighted by molar-refractivity contribution is 6.17. The van der Waals surface area contributed by atoms with Crippen LogP contribution in [0.25, 0.3) is 0 Å². The Balaban J connectivity index is 0.00000147. The highest BCUT2D eigenvalue weighted by Crippen LogP contribution is 2.50. The van der Waals surface area contributed by atoms with E-state index in [-0.39, 0.29) is 26.0 Å². The molecular formula is C30H38N5O2. The van der Waals surface area contributed by atoms with Crippen LogP contribution in [0.2, 0.25) is 0 Å². The van der Waals surface area contributed by atoms with E-state index in [0.717, 1.165) is 93.3 Å². The van der Waals surface area contributed by atoms with E-state index in [1.807, 2.05) is 24.1 Å². The van der Waals surface area contributed by atoms with E-state index < -0.39 is 0 Å². The van der Waals surface area contributed by atoms with Gasteiger partial charge < -0.3 is 15.1 Å². The summed E-state index contributed by atoms with van der Waals surface area (Å²) in [5, 5.41) is 12.3. The number of amidine groups is 1. The zero-order valence-corrected chi connectivity index (χ0v) is 21.1. The van der Waals surface area contributed by atoms with Crippen molar-refractivity contribution in [3.8, 4) is 0 Å². The third-order valence-corrected chi connectivity index (χ3v) is 9.32. The Morgan fingerprint density at radius 3 is 2.78 bits per heavy atom. The third kappa shape index (κ3) is 3.81. The van der Waals surface area contributed by atoms with Crippen molar-refractivity contribution in [3.05, 3.63) is 63.2 Å².